The molecule has 0 saturated carbocycles. The second kappa shape index (κ2) is 12.1. The molecule has 0 saturated heterocycles. The molecule has 1 aromatic heterocycles. The summed E-state index contributed by atoms with van der Waals surface area (Å²) in [5, 5.41) is 7.82. The van der Waals surface area contributed by atoms with E-state index in [2.05, 4.69) is 188 Å². The molecule has 2 heteroatoms. The first-order valence-corrected chi connectivity index (χ1v) is 18.6. The molecular weight excluding hydrogens is 635 g/mol. The number of rotatable bonds is 5. The molecule has 8 aromatic carbocycles. The minimum absolute atomic E-state index is 0.560. The van der Waals surface area contributed by atoms with Crippen molar-refractivity contribution in [2.75, 3.05) is 4.90 Å². The summed E-state index contributed by atoms with van der Waals surface area (Å²) in [6.07, 6.45) is 5.76. The largest absolute Gasteiger partial charge is 0.310 e. The lowest BCUT2D eigenvalue weighted by Gasteiger charge is -2.26. The van der Waals surface area contributed by atoms with Crippen LogP contribution in [0.15, 0.2) is 170 Å². The molecule has 1 unspecified atom stereocenters. The molecule has 1 nitrogen and oxygen atoms in total. The van der Waals surface area contributed by atoms with Crippen LogP contribution in [0.2, 0.25) is 0 Å². The molecule has 9 aromatic rings. The number of benzene rings is 8. The van der Waals surface area contributed by atoms with E-state index in [0.29, 0.717) is 5.92 Å². The molecule has 10 rings (SSSR count). The van der Waals surface area contributed by atoms with Gasteiger partial charge in [0.1, 0.15) is 0 Å². The third kappa shape index (κ3) is 5.23. The van der Waals surface area contributed by atoms with E-state index in [1.165, 1.54) is 75.1 Å². The topological polar surface area (TPSA) is 3.24 Å². The van der Waals surface area contributed by atoms with E-state index in [1.807, 2.05) is 11.3 Å². The third-order valence-corrected chi connectivity index (χ3v) is 11.7. The van der Waals surface area contributed by atoms with Gasteiger partial charge in [0, 0.05) is 37.2 Å². The highest BCUT2D eigenvalue weighted by Gasteiger charge is 2.19. The van der Waals surface area contributed by atoms with Gasteiger partial charge in [-0.1, -0.05) is 122 Å². The Morgan fingerprint density at radius 3 is 1.92 bits per heavy atom. The van der Waals surface area contributed by atoms with Crippen LogP contribution in [-0.4, -0.2) is 0 Å². The predicted molar refractivity (Wildman–Crippen MR) is 222 cm³/mol. The van der Waals surface area contributed by atoms with Crippen LogP contribution in [0.4, 0.5) is 17.1 Å². The molecule has 0 spiro atoms. The Hall–Kier alpha value is -5.96. The van der Waals surface area contributed by atoms with Gasteiger partial charge in [-0.3, -0.25) is 0 Å². The maximum Gasteiger partial charge on any atom is 0.0468 e. The van der Waals surface area contributed by atoms with Gasteiger partial charge < -0.3 is 4.90 Å². The lowest BCUT2D eigenvalue weighted by atomic mass is 9.84. The summed E-state index contributed by atoms with van der Waals surface area (Å²) in [6.45, 7) is 2.31. The smallest absolute Gasteiger partial charge is 0.0468 e. The van der Waals surface area contributed by atoms with Crippen LogP contribution < -0.4 is 4.90 Å². The van der Waals surface area contributed by atoms with Crippen molar-refractivity contribution in [1.29, 1.82) is 0 Å². The summed E-state index contributed by atoms with van der Waals surface area (Å²) in [7, 11) is 0. The normalized spacial score (nSPS) is 14.0. The quantitative estimate of drug-likeness (QED) is 0.176. The van der Waals surface area contributed by atoms with Crippen molar-refractivity contribution in [2.45, 2.75) is 13.3 Å². The zero-order chi connectivity index (χ0) is 33.9. The van der Waals surface area contributed by atoms with Crippen molar-refractivity contribution in [1.82, 2.24) is 0 Å². The average molecular weight is 670 g/mol. The molecule has 242 valence electrons. The van der Waals surface area contributed by atoms with Gasteiger partial charge in [-0.05, 0) is 128 Å². The van der Waals surface area contributed by atoms with Crippen molar-refractivity contribution < 1.29 is 0 Å². The fraction of sp³-hybridized carbons (Fsp3) is 0.0612. The number of fused-ring (bicyclic) bond motifs is 7. The fourth-order valence-corrected chi connectivity index (χ4v) is 9.08. The van der Waals surface area contributed by atoms with Crippen molar-refractivity contribution >= 4 is 76.2 Å². The van der Waals surface area contributed by atoms with E-state index in [-0.39, 0.29) is 0 Å². The number of allylic oxidation sites excluding steroid dienone is 1. The number of anilines is 3. The molecular formula is C49H35NS. The number of hydrogen-bond acceptors (Lipinski definition) is 2. The molecule has 1 aliphatic carbocycles. The molecule has 1 atom stereocenters. The van der Waals surface area contributed by atoms with Crippen LogP contribution >= 0.6 is 11.3 Å². The SMILES string of the molecule is CC1C=Cc2cc(-c3ccc(N(c4ccc(-c5ccc6ccccc6c5)cc4)c4ccc5sc6ccccc6c5c4)cc3)c3ccccc3c2C1. The van der Waals surface area contributed by atoms with Crippen LogP contribution in [0.25, 0.3) is 70.0 Å². The van der Waals surface area contributed by atoms with Crippen LogP contribution in [0.5, 0.6) is 0 Å². The molecule has 0 amide bonds. The molecule has 1 heterocycles. The highest BCUT2D eigenvalue weighted by molar-refractivity contribution is 7.25. The first-order valence-electron chi connectivity index (χ1n) is 17.8. The van der Waals surface area contributed by atoms with E-state index in [9.17, 15) is 0 Å². The van der Waals surface area contributed by atoms with Crippen LogP contribution in [0.3, 0.4) is 0 Å². The van der Waals surface area contributed by atoms with Crippen LogP contribution in [-0.2, 0) is 6.42 Å². The Bertz CT molecular complexity index is 2790. The standard InChI is InChI=1S/C49H35NS/c1-32-14-15-38-30-46(43-11-5-4-10-42(43)45(38)28-32)35-20-24-40(25-21-35)50(41-26-27-49-47(31-41)44-12-6-7-13-48(44)51-49)39-22-18-34(19-23-39)37-17-16-33-8-2-3-9-36(33)29-37/h2-27,29-32H,28H2,1H3. The molecule has 1 aliphatic rings. The Morgan fingerprint density at radius 2 is 1.12 bits per heavy atom. The van der Waals surface area contributed by atoms with E-state index < -0.39 is 0 Å². The highest BCUT2D eigenvalue weighted by atomic mass is 32.1. The van der Waals surface area contributed by atoms with Gasteiger partial charge in [-0.2, -0.15) is 0 Å². The molecule has 0 N–H and O–H groups in total. The average Bonchev–Trinajstić information content (AvgIpc) is 3.56. The van der Waals surface area contributed by atoms with Crippen LogP contribution in [0, 0.1) is 5.92 Å². The van der Waals surface area contributed by atoms with Crippen molar-refractivity contribution in [2.24, 2.45) is 5.92 Å². The van der Waals surface area contributed by atoms with Crippen LogP contribution in [0.1, 0.15) is 18.1 Å². The maximum atomic E-state index is 2.40. The summed E-state index contributed by atoms with van der Waals surface area (Å²) < 4.78 is 2.63. The summed E-state index contributed by atoms with van der Waals surface area (Å²) in [5.41, 5.74) is 11.2. The lowest BCUT2D eigenvalue weighted by molar-refractivity contribution is 0.721. The van der Waals surface area contributed by atoms with E-state index in [4.69, 9.17) is 0 Å². The second-order valence-corrected chi connectivity index (χ2v) is 14.9. The maximum absolute atomic E-state index is 2.40. The monoisotopic (exact) mass is 669 g/mol. The Balaban J connectivity index is 1.09. The third-order valence-electron chi connectivity index (χ3n) is 10.6. The number of hydrogen-bond donors (Lipinski definition) is 0. The number of nitrogens with zero attached hydrogens (tertiary/aromatic N) is 1. The van der Waals surface area contributed by atoms with Gasteiger partial charge in [0.05, 0.1) is 0 Å². The lowest BCUT2D eigenvalue weighted by Crippen LogP contribution is -2.09. The Labute approximate surface area is 302 Å². The summed E-state index contributed by atoms with van der Waals surface area (Å²) in [5.74, 6) is 0.560. The van der Waals surface area contributed by atoms with Gasteiger partial charge in [-0.15, -0.1) is 11.3 Å². The minimum Gasteiger partial charge on any atom is -0.310 e. The van der Waals surface area contributed by atoms with Gasteiger partial charge >= 0.3 is 0 Å². The second-order valence-electron chi connectivity index (χ2n) is 13.8. The minimum atomic E-state index is 0.560. The van der Waals surface area contributed by atoms with Gasteiger partial charge in [0.15, 0.2) is 0 Å². The van der Waals surface area contributed by atoms with E-state index in [0.717, 1.165) is 23.5 Å². The van der Waals surface area contributed by atoms with Crippen molar-refractivity contribution in [3.8, 4) is 22.3 Å². The summed E-state index contributed by atoms with van der Waals surface area (Å²) in [6, 6.07) is 60.5. The first-order chi connectivity index (χ1) is 25.2. The van der Waals surface area contributed by atoms with Gasteiger partial charge in [-0.25, -0.2) is 0 Å². The Kier molecular flexibility index (Phi) is 7.11. The molecule has 51 heavy (non-hydrogen) atoms. The first kappa shape index (κ1) is 29.9. The zero-order valence-electron chi connectivity index (χ0n) is 28.4. The summed E-state index contributed by atoms with van der Waals surface area (Å²) >= 11 is 1.86. The molecule has 0 radical (unpaired) electrons. The van der Waals surface area contributed by atoms with E-state index >= 15 is 0 Å². The number of thiophene rings is 1. The predicted octanol–water partition coefficient (Wildman–Crippen LogP) is 14.4. The van der Waals surface area contributed by atoms with Crippen molar-refractivity contribution in [3.05, 3.63) is 181 Å². The van der Waals surface area contributed by atoms with Gasteiger partial charge in [0.2, 0.25) is 0 Å². The molecule has 0 bridgehead atoms. The molecule has 0 fully saturated rings. The Morgan fingerprint density at radius 1 is 0.490 bits per heavy atom. The van der Waals surface area contributed by atoms with Gasteiger partial charge in [0.25, 0.3) is 0 Å². The summed E-state index contributed by atoms with van der Waals surface area (Å²) in [4.78, 5) is 2.40. The van der Waals surface area contributed by atoms with E-state index in [1.54, 1.807) is 0 Å². The highest BCUT2D eigenvalue weighted by Crippen LogP contribution is 2.43. The zero-order valence-corrected chi connectivity index (χ0v) is 29.2. The van der Waals surface area contributed by atoms with Crippen molar-refractivity contribution in [3.63, 3.8) is 0 Å². The molecule has 0 aliphatic heterocycles. The fourth-order valence-electron chi connectivity index (χ4n) is 7.99.